The number of para-hydroxylation sites is 2. The summed E-state index contributed by atoms with van der Waals surface area (Å²) in [5.41, 5.74) is 5.78. The van der Waals surface area contributed by atoms with Crippen molar-refractivity contribution in [1.82, 2.24) is 15.2 Å². The Morgan fingerprint density at radius 2 is 1.50 bits per heavy atom. The number of hydrogen-bond donors (Lipinski definition) is 2. The molecule has 3 aliphatic rings. The van der Waals surface area contributed by atoms with Crippen molar-refractivity contribution in [3.05, 3.63) is 48.5 Å². The summed E-state index contributed by atoms with van der Waals surface area (Å²) in [7, 11) is 7.60. The van der Waals surface area contributed by atoms with Crippen LogP contribution < -0.4 is 25.1 Å². The average Bonchev–Trinajstić information content (AvgIpc) is 3.38. The van der Waals surface area contributed by atoms with E-state index in [0.717, 1.165) is 67.8 Å². The molecule has 0 radical (unpaired) electrons. The van der Waals surface area contributed by atoms with Crippen LogP contribution in [0.15, 0.2) is 53.6 Å². The highest BCUT2D eigenvalue weighted by Gasteiger charge is 2.35. The summed E-state index contributed by atoms with van der Waals surface area (Å²) in [4.78, 5) is 19.4. The fourth-order valence-corrected chi connectivity index (χ4v) is 5.44. The first-order valence-electron chi connectivity index (χ1n) is 14.5. The van der Waals surface area contributed by atoms with E-state index >= 15 is 0 Å². The van der Waals surface area contributed by atoms with Gasteiger partial charge in [0.25, 0.3) is 0 Å². The van der Waals surface area contributed by atoms with Gasteiger partial charge in [0.2, 0.25) is 0 Å². The number of piperazine rings is 1. The quantitative estimate of drug-likeness (QED) is 0.500. The van der Waals surface area contributed by atoms with E-state index in [1.54, 1.807) is 14.2 Å². The van der Waals surface area contributed by atoms with Gasteiger partial charge in [-0.15, -0.1) is 0 Å². The van der Waals surface area contributed by atoms with Gasteiger partial charge in [0.05, 0.1) is 14.2 Å². The number of fused-ring (bicyclic) bond motifs is 1. The van der Waals surface area contributed by atoms with Crippen LogP contribution in [-0.2, 0) is 0 Å². The third kappa shape index (κ3) is 8.86. The Hall–Kier alpha value is -3.30. The molecule has 9 nitrogen and oxygen atoms in total. The molecule has 2 amide bonds. The summed E-state index contributed by atoms with van der Waals surface area (Å²) in [6.07, 6.45) is 4.45. The highest BCUT2D eigenvalue weighted by atomic mass is 16.5. The van der Waals surface area contributed by atoms with Crippen molar-refractivity contribution in [3.8, 4) is 11.5 Å². The molecule has 2 heterocycles. The standard InChI is InChI=1S/C21H32N6O.C8H10O2.C2H6/c1-25-11-13-27(14-12-25)19-7-5-17(6-8-19)22-21(28)24-23-18-4-3-16-9-10-26(2)20(16)15-18;1-9-7-5-3-4-6-8(7)10-2;1-2/h5-8,16,20H,3-4,9-15H2,1-2H3,(H2,22,24,28);3-6H,1-2H3;1-2H3/b23-18+;;/t16?,20-;;/m0../s1. The van der Waals surface area contributed by atoms with Gasteiger partial charge in [-0.2, -0.15) is 5.10 Å². The van der Waals surface area contributed by atoms with Gasteiger partial charge in [0.15, 0.2) is 11.5 Å². The van der Waals surface area contributed by atoms with Gasteiger partial charge < -0.3 is 29.5 Å². The topological polar surface area (TPSA) is 81.7 Å². The predicted octanol–water partition coefficient (Wildman–Crippen LogP) is 5.15. The van der Waals surface area contributed by atoms with Crippen molar-refractivity contribution in [2.45, 2.75) is 45.6 Å². The van der Waals surface area contributed by atoms with Crippen LogP contribution in [0.25, 0.3) is 0 Å². The number of nitrogens with one attached hydrogen (secondary N) is 2. The SMILES string of the molecule is CC.CN1CCN(c2ccc(NC(=O)N/N=C3\CCC4CCN(C)[C@H]4C3)cc2)CC1.COc1ccccc1OC. The van der Waals surface area contributed by atoms with E-state index in [0.29, 0.717) is 6.04 Å². The number of amides is 2. The van der Waals surface area contributed by atoms with E-state index < -0.39 is 0 Å². The number of methoxy groups -OCH3 is 2. The minimum Gasteiger partial charge on any atom is -0.493 e. The summed E-state index contributed by atoms with van der Waals surface area (Å²) in [5.74, 6) is 2.34. The zero-order chi connectivity index (χ0) is 28.9. The molecular weight excluding hydrogens is 504 g/mol. The van der Waals surface area contributed by atoms with Crippen molar-refractivity contribution in [2.75, 3.05) is 71.3 Å². The number of hydrazone groups is 1. The molecule has 2 atom stereocenters. The van der Waals surface area contributed by atoms with Gasteiger partial charge in [0.1, 0.15) is 0 Å². The molecule has 1 aliphatic carbocycles. The lowest BCUT2D eigenvalue weighted by Gasteiger charge is -2.34. The second-order valence-electron chi connectivity index (χ2n) is 10.3. The van der Waals surface area contributed by atoms with Crippen LogP contribution in [0.2, 0.25) is 0 Å². The Bertz CT molecular complexity index is 1050. The second-order valence-corrected chi connectivity index (χ2v) is 10.3. The predicted molar refractivity (Wildman–Crippen MR) is 165 cm³/mol. The largest absolute Gasteiger partial charge is 0.493 e. The van der Waals surface area contributed by atoms with E-state index in [4.69, 9.17) is 9.47 Å². The van der Waals surface area contributed by atoms with Crippen LogP contribution in [-0.4, -0.2) is 88.6 Å². The Labute approximate surface area is 240 Å². The third-order valence-corrected chi connectivity index (χ3v) is 7.81. The summed E-state index contributed by atoms with van der Waals surface area (Å²) in [6, 6.07) is 15.9. The van der Waals surface area contributed by atoms with Crippen molar-refractivity contribution in [1.29, 1.82) is 0 Å². The van der Waals surface area contributed by atoms with Gasteiger partial charge >= 0.3 is 6.03 Å². The Morgan fingerprint density at radius 3 is 2.10 bits per heavy atom. The minimum absolute atomic E-state index is 0.276. The highest BCUT2D eigenvalue weighted by Crippen LogP contribution is 2.34. The molecule has 3 fully saturated rings. The lowest BCUT2D eigenvalue weighted by atomic mass is 9.84. The lowest BCUT2D eigenvalue weighted by molar-refractivity contribution is 0.251. The number of ether oxygens (including phenoxy) is 2. The molecule has 2 N–H and O–H groups in total. The number of anilines is 2. The first-order chi connectivity index (χ1) is 19.5. The van der Waals surface area contributed by atoms with Crippen LogP contribution >= 0.6 is 0 Å². The molecule has 0 spiro atoms. The van der Waals surface area contributed by atoms with Gasteiger partial charge in [-0.1, -0.05) is 26.0 Å². The zero-order valence-corrected chi connectivity index (χ0v) is 25.2. The van der Waals surface area contributed by atoms with Crippen LogP contribution in [0.1, 0.15) is 39.5 Å². The molecule has 40 heavy (non-hydrogen) atoms. The van der Waals surface area contributed by atoms with E-state index in [1.807, 2.05) is 50.2 Å². The fraction of sp³-hybridized carbons (Fsp3) is 0.548. The number of carbonyl (C=O) groups excluding carboxylic acids is 1. The average molecular weight is 553 g/mol. The number of likely N-dealkylation sites (tertiary alicyclic amines) is 1. The molecule has 1 saturated carbocycles. The number of benzene rings is 2. The summed E-state index contributed by atoms with van der Waals surface area (Å²) < 4.78 is 10.0. The van der Waals surface area contributed by atoms with Crippen molar-refractivity contribution >= 4 is 23.1 Å². The Morgan fingerprint density at radius 1 is 0.875 bits per heavy atom. The molecule has 5 rings (SSSR count). The normalized spacial score (nSPS) is 21.8. The van der Waals surface area contributed by atoms with Crippen LogP contribution in [0.5, 0.6) is 11.5 Å². The summed E-state index contributed by atoms with van der Waals surface area (Å²) in [5, 5.41) is 7.27. The molecule has 2 aliphatic heterocycles. The summed E-state index contributed by atoms with van der Waals surface area (Å²) >= 11 is 0. The molecular formula is C31H48N6O3. The third-order valence-electron chi connectivity index (χ3n) is 7.81. The smallest absolute Gasteiger partial charge is 0.339 e. The molecule has 0 bridgehead atoms. The van der Waals surface area contributed by atoms with Gasteiger partial charge in [-0.3, -0.25) is 0 Å². The molecule has 220 valence electrons. The first kappa shape index (κ1) is 31.2. The first-order valence-corrected chi connectivity index (χ1v) is 14.5. The number of carbonyl (C=O) groups is 1. The lowest BCUT2D eigenvalue weighted by Crippen LogP contribution is -2.44. The number of likely N-dealkylation sites (N-methyl/N-ethyl adjacent to an activating group) is 1. The monoisotopic (exact) mass is 552 g/mol. The summed E-state index contributed by atoms with van der Waals surface area (Å²) in [6.45, 7) is 9.43. The highest BCUT2D eigenvalue weighted by molar-refractivity contribution is 5.92. The van der Waals surface area contributed by atoms with Crippen LogP contribution in [0.3, 0.4) is 0 Å². The van der Waals surface area contributed by atoms with Gasteiger partial charge in [-0.05, 0) is 82.2 Å². The number of hydrogen-bond acceptors (Lipinski definition) is 7. The number of rotatable bonds is 5. The minimum atomic E-state index is -0.276. The molecule has 2 aromatic rings. The number of nitrogens with zero attached hydrogens (tertiary/aromatic N) is 4. The van der Waals surface area contributed by atoms with E-state index in [-0.39, 0.29) is 6.03 Å². The maximum absolute atomic E-state index is 12.2. The van der Waals surface area contributed by atoms with Crippen molar-refractivity contribution in [3.63, 3.8) is 0 Å². The molecule has 0 aromatic heterocycles. The number of urea groups is 1. The van der Waals surface area contributed by atoms with E-state index in [2.05, 4.69) is 56.8 Å². The molecule has 2 saturated heterocycles. The van der Waals surface area contributed by atoms with Gasteiger partial charge in [-0.25, -0.2) is 10.2 Å². The van der Waals surface area contributed by atoms with Crippen LogP contribution in [0.4, 0.5) is 16.2 Å². The Kier molecular flexibility index (Phi) is 12.6. The van der Waals surface area contributed by atoms with Crippen LogP contribution in [0, 0.1) is 5.92 Å². The molecule has 1 unspecified atom stereocenters. The Balaban J connectivity index is 0.000000309. The zero-order valence-electron chi connectivity index (χ0n) is 25.2. The fourth-order valence-electron chi connectivity index (χ4n) is 5.44. The molecule has 2 aromatic carbocycles. The van der Waals surface area contributed by atoms with Gasteiger partial charge in [0, 0.05) is 55.7 Å². The maximum atomic E-state index is 12.2. The van der Waals surface area contributed by atoms with E-state index in [1.165, 1.54) is 25.1 Å². The van der Waals surface area contributed by atoms with E-state index in [9.17, 15) is 4.79 Å². The second kappa shape index (κ2) is 16.1. The van der Waals surface area contributed by atoms with Crippen molar-refractivity contribution in [2.24, 2.45) is 11.0 Å². The van der Waals surface area contributed by atoms with Crippen molar-refractivity contribution < 1.29 is 14.3 Å². The molecule has 9 heteroatoms. The maximum Gasteiger partial charge on any atom is 0.339 e.